The fraction of sp³-hybridized carbons (Fsp3) is 0.167. The molecule has 1 unspecified atom stereocenters. The summed E-state index contributed by atoms with van der Waals surface area (Å²) >= 11 is 0. The molecule has 1 amide bonds. The Balaban J connectivity index is 2.44. The summed E-state index contributed by atoms with van der Waals surface area (Å²) in [7, 11) is 0. The number of anilines is 2. The smallest absolute Gasteiger partial charge is 0.333 e. The van der Waals surface area contributed by atoms with E-state index in [1.165, 1.54) is 6.92 Å². The molecule has 88 valence electrons. The van der Waals surface area contributed by atoms with Gasteiger partial charge in [-0.15, -0.1) is 0 Å². The zero-order valence-corrected chi connectivity index (χ0v) is 9.28. The molecule has 17 heavy (non-hydrogen) atoms. The lowest BCUT2D eigenvalue weighted by molar-refractivity contribution is -0.134. The number of carboxylic acid groups (broad SMARTS) is 1. The molecule has 0 aliphatic carbocycles. The Morgan fingerprint density at radius 2 is 1.94 bits per heavy atom. The first-order valence-electron chi connectivity index (χ1n) is 5.06. The molecule has 5 nitrogen and oxygen atoms in total. The Morgan fingerprint density at radius 3 is 2.53 bits per heavy atom. The van der Waals surface area contributed by atoms with Crippen LogP contribution >= 0.6 is 0 Å². The fourth-order valence-corrected chi connectivity index (χ4v) is 1.70. The van der Waals surface area contributed by atoms with Crippen LogP contribution in [0.1, 0.15) is 6.92 Å². The van der Waals surface area contributed by atoms with Crippen molar-refractivity contribution in [2.24, 2.45) is 0 Å². The summed E-state index contributed by atoms with van der Waals surface area (Å²) in [5.74, 6) is -1.63. The van der Waals surface area contributed by atoms with Crippen LogP contribution in [-0.4, -0.2) is 22.5 Å². The van der Waals surface area contributed by atoms with Crippen LogP contribution in [0.25, 0.3) is 0 Å². The number of carbonyl (C=O) groups excluding carboxylic acids is 1. The molecular weight excluding hydrogens is 220 g/mol. The van der Waals surface area contributed by atoms with Crippen LogP contribution < -0.4 is 10.6 Å². The van der Waals surface area contributed by atoms with E-state index in [0.717, 1.165) is 0 Å². The Hall–Kier alpha value is -2.30. The molecule has 0 saturated carbocycles. The van der Waals surface area contributed by atoms with E-state index >= 15 is 0 Å². The standard InChI is InChI=1S/C12H12N2O3/c1-7(10(15)16)12(2)11(17)13-8-5-3-4-6-9(8)14-12/h3-6,14H,1H2,2H3,(H,13,17)(H,15,16). The molecule has 1 aromatic rings. The molecule has 1 atom stereocenters. The van der Waals surface area contributed by atoms with Gasteiger partial charge in [-0.25, -0.2) is 4.79 Å². The summed E-state index contributed by atoms with van der Waals surface area (Å²) in [6.45, 7) is 4.94. The van der Waals surface area contributed by atoms with Gasteiger partial charge in [0.1, 0.15) is 5.54 Å². The van der Waals surface area contributed by atoms with Crippen molar-refractivity contribution < 1.29 is 14.7 Å². The van der Waals surface area contributed by atoms with E-state index in [0.29, 0.717) is 11.4 Å². The molecule has 0 bridgehead atoms. The number of benzene rings is 1. The van der Waals surface area contributed by atoms with Gasteiger partial charge >= 0.3 is 5.97 Å². The molecule has 1 aliphatic rings. The molecule has 1 aliphatic heterocycles. The van der Waals surface area contributed by atoms with Gasteiger partial charge in [-0.05, 0) is 19.1 Å². The second kappa shape index (κ2) is 3.62. The molecule has 5 heteroatoms. The molecule has 2 rings (SSSR count). The summed E-state index contributed by atoms with van der Waals surface area (Å²) in [4.78, 5) is 22.9. The van der Waals surface area contributed by atoms with Crippen molar-refractivity contribution in [2.45, 2.75) is 12.5 Å². The lowest BCUT2D eigenvalue weighted by Crippen LogP contribution is -2.52. The van der Waals surface area contributed by atoms with E-state index in [1.54, 1.807) is 24.3 Å². The van der Waals surface area contributed by atoms with Crippen LogP contribution in [0.15, 0.2) is 36.4 Å². The van der Waals surface area contributed by atoms with Crippen LogP contribution in [0.5, 0.6) is 0 Å². The lowest BCUT2D eigenvalue weighted by Gasteiger charge is -2.35. The summed E-state index contributed by atoms with van der Waals surface area (Å²) in [5, 5.41) is 14.5. The summed E-state index contributed by atoms with van der Waals surface area (Å²) in [5.41, 5.74) is -0.213. The summed E-state index contributed by atoms with van der Waals surface area (Å²) < 4.78 is 0. The number of fused-ring (bicyclic) bond motifs is 1. The van der Waals surface area contributed by atoms with E-state index < -0.39 is 17.4 Å². The van der Waals surface area contributed by atoms with Crippen LogP contribution in [0, 0.1) is 0 Å². The number of aliphatic carboxylic acids is 1. The Morgan fingerprint density at radius 1 is 1.35 bits per heavy atom. The molecule has 0 spiro atoms. The Labute approximate surface area is 98.1 Å². The molecule has 3 N–H and O–H groups in total. The molecule has 0 fully saturated rings. The van der Waals surface area contributed by atoms with Crippen LogP contribution in [0.4, 0.5) is 11.4 Å². The van der Waals surface area contributed by atoms with Crippen molar-refractivity contribution in [2.75, 3.05) is 10.6 Å². The minimum Gasteiger partial charge on any atom is -0.478 e. The zero-order chi connectivity index (χ0) is 12.6. The van der Waals surface area contributed by atoms with Crippen molar-refractivity contribution in [3.63, 3.8) is 0 Å². The molecule has 1 heterocycles. The average Bonchev–Trinajstić information content (AvgIpc) is 2.29. The van der Waals surface area contributed by atoms with Crippen molar-refractivity contribution in [3.05, 3.63) is 36.4 Å². The van der Waals surface area contributed by atoms with Gasteiger partial charge in [0.05, 0.1) is 16.9 Å². The third-order valence-electron chi connectivity index (χ3n) is 2.88. The minimum atomic E-state index is -1.33. The van der Waals surface area contributed by atoms with Crippen LogP contribution in [0.2, 0.25) is 0 Å². The Bertz CT molecular complexity index is 524. The van der Waals surface area contributed by atoms with Crippen LogP contribution in [-0.2, 0) is 9.59 Å². The third-order valence-corrected chi connectivity index (χ3v) is 2.88. The maximum Gasteiger partial charge on any atom is 0.333 e. The highest BCUT2D eigenvalue weighted by Gasteiger charge is 2.42. The number of amides is 1. The van der Waals surface area contributed by atoms with Crippen molar-refractivity contribution in [3.8, 4) is 0 Å². The fourth-order valence-electron chi connectivity index (χ4n) is 1.70. The van der Waals surface area contributed by atoms with E-state index in [4.69, 9.17) is 5.11 Å². The van der Waals surface area contributed by atoms with E-state index in [1.807, 2.05) is 0 Å². The SMILES string of the molecule is C=C(C(=O)O)C1(C)Nc2ccccc2NC1=O. The van der Waals surface area contributed by atoms with Gasteiger partial charge in [-0.3, -0.25) is 4.79 Å². The number of hydrogen-bond donors (Lipinski definition) is 3. The average molecular weight is 232 g/mol. The first-order chi connectivity index (χ1) is 7.95. The highest BCUT2D eigenvalue weighted by Crippen LogP contribution is 2.33. The first-order valence-corrected chi connectivity index (χ1v) is 5.06. The number of hydrogen-bond acceptors (Lipinski definition) is 3. The van der Waals surface area contributed by atoms with Gasteiger partial charge in [-0.2, -0.15) is 0 Å². The monoisotopic (exact) mass is 232 g/mol. The molecule has 0 radical (unpaired) electrons. The highest BCUT2D eigenvalue weighted by molar-refractivity contribution is 6.12. The van der Waals surface area contributed by atoms with Crippen molar-refractivity contribution in [1.82, 2.24) is 0 Å². The van der Waals surface area contributed by atoms with Gasteiger partial charge in [0.25, 0.3) is 5.91 Å². The topological polar surface area (TPSA) is 78.4 Å². The van der Waals surface area contributed by atoms with Gasteiger partial charge in [0, 0.05) is 0 Å². The van der Waals surface area contributed by atoms with E-state index in [9.17, 15) is 9.59 Å². The maximum atomic E-state index is 11.9. The summed E-state index contributed by atoms with van der Waals surface area (Å²) in [6.07, 6.45) is 0. The van der Waals surface area contributed by atoms with Crippen LogP contribution in [0.3, 0.4) is 0 Å². The normalized spacial score (nSPS) is 22.1. The number of rotatable bonds is 2. The summed E-state index contributed by atoms with van der Waals surface area (Å²) in [6, 6.07) is 7.09. The van der Waals surface area contributed by atoms with Gasteiger partial charge in [-0.1, -0.05) is 18.7 Å². The molecule has 0 aromatic heterocycles. The number of carbonyl (C=O) groups is 2. The molecular formula is C12H12N2O3. The van der Waals surface area contributed by atoms with E-state index in [-0.39, 0.29) is 5.57 Å². The number of para-hydroxylation sites is 2. The molecule has 0 saturated heterocycles. The third kappa shape index (κ3) is 1.65. The number of nitrogens with one attached hydrogen (secondary N) is 2. The van der Waals surface area contributed by atoms with Crippen molar-refractivity contribution in [1.29, 1.82) is 0 Å². The Kier molecular flexibility index (Phi) is 2.38. The first kappa shape index (κ1) is 11.2. The molecule has 1 aromatic carbocycles. The second-order valence-electron chi connectivity index (χ2n) is 4.03. The van der Waals surface area contributed by atoms with Gasteiger partial charge in [0.15, 0.2) is 0 Å². The second-order valence-corrected chi connectivity index (χ2v) is 4.03. The predicted molar refractivity (Wildman–Crippen MR) is 63.9 cm³/mol. The van der Waals surface area contributed by atoms with Gasteiger partial charge in [0.2, 0.25) is 0 Å². The van der Waals surface area contributed by atoms with Crippen molar-refractivity contribution >= 4 is 23.3 Å². The minimum absolute atomic E-state index is 0.190. The predicted octanol–water partition coefficient (Wildman–Crippen LogP) is 1.45. The lowest BCUT2D eigenvalue weighted by atomic mass is 9.89. The highest BCUT2D eigenvalue weighted by atomic mass is 16.4. The quantitative estimate of drug-likeness (QED) is 0.674. The zero-order valence-electron chi connectivity index (χ0n) is 9.28. The maximum absolute atomic E-state index is 11.9. The number of carboxylic acids is 1. The largest absolute Gasteiger partial charge is 0.478 e. The van der Waals surface area contributed by atoms with Gasteiger partial charge < -0.3 is 15.7 Å². The van der Waals surface area contributed by atoms with E-state index in [2.05, 4.69) is 17.2 Å².